The Balaban J connectivity index is 1.38. The summed E-state index contributed by atoms with van der Waals surface area (Å²) in [7, 11) is 0. The van der Waals surface area contributed by atoms with E-state index in [2.05, 4.69) is 60.0 Å². The molecule has 0 aliphatic heterocycles. The van der Waals surface area contributed by atoms with E-state index in [1.54, 1.807) is 11.3 Å². The second-order valence-electron chi connectivity index (χ2n) is 9.76. The molecule has 2 aromatic heterocycles. The van der Waals surface area contributed by atoms with E-state index >= 15 is 0 Å². The first kappa shape index (κ1) is 26.4. The van der Waals surface area contributed by atoms with Crippen LogP contribution >= 0.6 is 23.6 Å². The number of thiocarbonyl (C=S) groups is 1. The predicted molar refractivity (Wildman–Crippen MR) is 161 cm³/mol. The lowest BCUT2D eigenvalue weighted by atomic mass is 9.96. The van der Waals surface area contributed by atoms with Crippen LogP contribution in [0.5, 0.6) is 0 Å². The molecule has 0 saturated heterocycles. The maximum atomic E-state index is 13.0. The van der Waals surface area contributed by atoms with Crippen LogP contribution in [0, 0.1) is 13.8 Å². The second-order valence-corrected chi connectivity index (χ2v) is 11.3. The molecule has 6 nitrogen and oxygen atoms in total. The van der Waals surface area contributed by atoms with Crippen molar-refractivity contribution in [3.63, 3.8) is 0 Å². The minimum Gasteiger partial charge on any atom is -0.462 e. The molecule has 2 N–H and O–H groups in total. The summed E-state index contributed by atoms with van der Waals surface area (Å²) in [4.78, 5) is 14.3. The van der Waals surface area contributed by atoms with Crippen molar-refractivity contribution in [3.05, 3.63) is 75.4 Å². The molecule has 5 rings (SSSR count). The summed E-state index contributed by atoms with van der Waals surface area (Å²) in [5.41, 5.74) is 5.76. The van der Waals surface area contributed by atoms with Crippen LogP contribution in [-0.4, -0.2) is 27.5 Å². The number of thiophene rings is 1. The van der Waals surface area contributed by atoms with Crippen molar-refractivity contribution in [2.45, 2.75) is 65.8 Å². The van der Waals surface area contributed by atoms with Gasteiger partial charge in [0.15, 0.2) is 5.11 Å². The SMILES string of the molecule is CCOC(=O)c1c(NC(=S)Nc2c(C)nn(Cc3cccc4ccccc34)c2C)sc2c1CCCCCC2. The van der Waals surface area contributed by atoms with Gasteiger partial charge < -0.3 is 15.4 Å². The zero-order chi connectivity index (χ0) is 26.6. The van der Waals surface area contributed by atoms with E-state index in [-0.39, 0.29) is 5.97 Å². The molecule has 0 unspecified atom stereocenters. The lowest BCUT2D eigenvalue weighted by Crippen LogP contribution is -2.21. The molecule has 0 bridgehead atoms. The van der Waals surface area contributed by atoms with Crippen LogP contribution in [0.4, 0.5) is 10.7 Å². The molecule has 2 aromatic carbocycles. The summed E-state index contributed by atoms with van der Waals surface area (Å²) in [6.45, 7) is 6.89. The van der Waals surface area contributed by atoms with Gasteiger partial charge in [0.1, 0.15) is 5.00 Å². The van der Waals surface area contributed by atoms with Gasteiger partial charge in [-0.1, -0.05) is 55.3 Å². The Kier molecular flexibility index (Phi) is 8.09. The molecule has 0 atom stereocenters. The van der Waals surface area contributed by atoms with Crippen LogP contribution in [0.15, 0.2) is 42.5 Å². The van der Waals surface area contributed by atoms with Gasteiger partial charge in [-0.3, -0.25) is 4.68 Å². The predicted octanol–water partition coefficient (Wildman–Crippen LogP) is 7.41. The molecule has 0 saturated carbocycles. The minimum atomic E-state index is -0.272. The van der Waals surface area contributed by atoms with Crippen LogP contribution in [0.2, 0.25) is 0 Å². The number of carbonyl (C=O) groups is 1. The van der Waals surface area contributed by atoms with Gasteiger partial charge in [-0.2, -0.15) is 5.10 Å². The Morgan fingerprint density at radius 3 is 2.63 bits per heavy atom. The van der Waals surface area contributed by atoms with E-state index in [9.17, 15) is 4.79 Å². The van der Waals surface area contributed by atoms with E-state index < -0.39 is 0 Å². The van der Waals surface area contributed by atoms with Crippen LogP contribution in [0.3, 0.4) is 0 Å². The molecule has 38 heavy (non-hydrogen) atoms. The number of ether oxygens (including phenoxy) is 1. The quantitative estimate of drug-likeness (QED) is 0.194. The molecule has 0 amide bonds. The maximum Gasteiger partial charge on any atom is 0.341 e. The van der Waals surface area contributed by atoms with Crippen molar-refractivity contribution in [3.8, 4) is 0 Å². The molecule has 8 heteroatoms. The molecular formula is C30H34N4O2S2. The topological polar surface area (TPSA) is 68.2 Å². The van der Waals surface area contributed by atoms with Crippen LogP contribution in [0.1, 0.15) is 70.4 Å². The van der Waals surface area contributed by atoms with Crippen LogP contribution in [0.25, 0.3) is 10.8 Å². The third kappa shape index (κ3) is 5.47. The third-order valence-corrected chi connectivity index (χ3v) is 8.61. The Bertz CT molecular complexity index is 1480. The van der Waals surface area contributed by atoms with Crippen LogP contribution < -0.4 is 10.6 Å². The number of carbonyl (C=O) groups excluding carboxylic acids is 1. The van der Waals surface area contributed by atoms with Gasteiger partial charge in [-0.25, -0.2) is 4.79 Å². The molecule has 0 fully saturated rings. The molecular weight excluding hydrogens is 512 g/mol. The number of fused-ring (bicyclic) bond motifs is 2. The number of hydrogen-bond donors (Lipinski definition) is 2. The number of nitrogens with one attached hydrogen (secondary N) is 2. The van der Waals surface area contributed by atoms with E-state index in [0.29, 0.717) is 23.8 Å². The summed E-state index contributed by atoms with van der Waals surface area (Å²) in [6, 6.07) is 14.8. The van der Waals surface area contributed by atoms with Gasteiger partial charge in [-0.05, 0) is 80.6 Å². The van der Waals surface area contributed by atoms with Gasteiger partial charge >= 0.3 is 5.97 Å². The first-order valence-electron chi connectivity index (χ1n) is 13.4. The number of benzene rings is 2. The first-order chi connectivity index (χ1) is 18.5. The lowest BCUT2D eigenvalue weighted by Gasteiger charge is -2.13. The molecule has 1 aliphatic carbocycles. The molecule has 198 valence electrons. The summed E-state index contributed by atoms with van der Waals surface area (Å²) in [5.74, 6) is -0.272. The minimum absolute atomic E-state index is 0.272. The number of hydrogen-bond acceptors (Lipinski definition) is 5. The Labute approximate surface area is 233 Å². The van der Waals surface area contributed by atoms with Crippen molar-refractivity contribution >= 4 is 56.1 Å². The van der Waals surface area contributed by atoms with E-state index in [1.807, 2.05) is 18.5 Å². The standard InChI is InChI=1S/C30H34N4O2S2/c1-4-36-29(35)26-24-16-7-5-6-8-17-25(24)38-28(26)32-30(37)31-27-19(2)33-34(20(27)3)18-22-14-11-13-21-12-9-10-15-23(21)22/h9-15H,4-8,16-18H2,1-3H3,(H2,31,32,37). The van der Waals surface area contributed by atoms with Crippen molar-refractivity contribution < 1.29 is 9.53 Å². The number of esters is 1. The van der Waals surface area contributed by atoms with E-state index in [1.165, 1.54) is 34.1 Å². The Morgan fingerprint density at radius 2 is 1.82 bits per heavy atom. The second kappa shape index (κ2) is 11.7. The average molecular weight is 547 g/mol. The lowest BCUT2D eigenvalue weighted by molar-refractivity contribution is 0.0526. The normalized spacial score (nSPS) is 13.4. The number of rotatable bonds is 6. The zero-order valence-corrected chi connectivity index (χ0v) is 23.9. The highest BCUT2D eigenvalue weighted by Gasteiger charge is 2.26. The third-order valence-electron chi connectivity index (χ3n) is 7.20. The molecule has 0 spiro atoms. The largest absolute Gasteiger partial charge is 0.462 e. The summed E-state index contributed by atoms with van der Waals surface area (Å²) >= 11 is 7.37. The molecule has 2 heterocycles. The zero-order valence-electron chi connectivity index (χ0n) is 22.2. The van der Waals surface area contributed by atoms with Gasteiger partial charge in [0.05, 0.1) is 35.8 Å². The first-order valence-corrected chi connectivity index (χ1v) is 14.6. The number of aromatic nitrogens is 2. The highest BCUT2D eigenvalue weighted by Crippen LogP contribution is 2.38. The highest BCUT2D eigenvalue weighted by atomic mass is 32.1. The number of nitrogens with zero attached hydrogens (tertiary/aromatic N) is 2. The number of aryl methyl sites for hydroxylation is 2. The van der Waals surface area contributed by atoms with Gasteiger partial charge in [0, 0.05) is 4.88 Å². The van der Waals surface area contributed by atoms with Crippen molar-refractivity contribution in [1.29, 1.82) is 0 Å². The fourth-order valence-electron chi connectivity index (χ4n) is 5.30. The van der Waals surface area contributed by atoms with Crippen molar-refractivity contribution in [2.24, 2.45) is 0 Å². The molecule has 1 aliphatic rings. The van der Waals surface area contributed by atoms with Gasteiger partial charge in [0.2, 0.25) is 0 Å². The number of anilines is 2. The van der Waals surface area contributed by atoms with Gasteiger partial charge in [-0.15, -0.1) is 11.3 Å². The van der Waals surface area contributed by atoms with E-state index in [0.717, 1.165) is 53.3 Å². The fraction of sp³-hybridized carbons (Fsp3) is 0.367. The van der Waals surface area contributed by atoms with E-state index in [4.69, 9.17) is 22.1 Å². The summed E-state index contributed by atoms with van der Waals surface area (Å²) < 4.78 is 7.46. The Hall–Kier alpha value is -3.23. The van der Waals surface area contributed by atoms with Crippen molar-refractivity contribution in [1.82, 2.24) is 9.78 Å². The average Bonchev–Trinajstić information content (AvgIpc) is 3.35. The smallest absolute Gasteiger partial charge is 0.341 e. The maximum absolute atomic E-state index is 13.0. The van der Waals surface area contributed by atoms with Gasteiger partial charge in [0.25, 0.3) is 0 Å². The molecule has 4 aromatic rings. The van der Waals surface area contributed by atoms with Crippen molar-refractivity contribution in [2.75, 3.05) is 17.2 Å². The van der Waals surface area contributed by atoms with Crippen LogP contribution in [-0.2, 0) is 24.1 Å². The summed E-state index contributed by atoms with van der Waals surface area (Å²) in [5, 5.41) is 15.2. The summed E-state index contributed by atoms with van der Waals surface area (Å²) in [6.07, 6.45) is 6.56. The monoisotopic (exact) mass is 546 g/mol. The fourth-order valence-corrected chi connectivity index (χ4v) is 6.85. The highest BCUT2D eigenvalue weighted by molar-refractivity contribution is 7.80. The molecule has 0 radical (unpaired) electrons. The Morgan fingerprint density at radius 1 is 1.05 bits per heavy atom.